The van der Waals surface area contributed by atoms with Gasteiger partial charge in [0.1, 0.15) is 5.69 Å². The van der Waals surface area contributed by atoms with E-state index >= 15 is 0 Å². The van der Waals surface area contributed by atoms with Gasteiger partial charge in [-0.1, -0.05) is 19.8 Å². The van der Waals surface area contributed by atoms with E-state index in [4.69, 9.17) is 4.74 Å². The van der Waals surface area contributed by atoms with Crippen molar-refractivity contribution >= 4 is 17.3 Å². The number of anilines is 1. The number of nitro benzene ring substituents is 1. The highest BCUT2D eigenvalue weighted by atomic mass is 16.6. The summed E-state index contributed by atoms with van der Waals surface area (Å²) in [6.07, 6.45) is 5.53. The lowest BCUT2D eigenvalue weighted by molar-refractivity contribution is -0.384. The zero-order valence-electron chi connectivity index (χ0n) is 15.7. The predicted octanol–water partition coefficient (Wildman–Crippen LogP) is 3.70. The number of carbonyl (C=O) groups is 1. The monoisotopic (exact) mass is 363 g/mol. The summed E-state index contributed by atoms with van der Waals surface area (Å²) in [6.45, 7) is 4.56. The molecule has 1 heterocycles. The summed E-state index contributed by atoms with van der Waals surface area (Å²) in [7, 11) is 1.57. The Bertz CT molecular complexity index is 621. The van der Waals surface area contributed by atoms with Crippen LogP contribution in [0, 0.1) is 16.0 Å². The van der Waals surface area contributed by atoms with E-state index in [1.54, 1.807) is 19.2 Å². The van der Waals surface area contributed by atoms with Gasteiger partial charge in [0.25, 0.3) is 11.6 Å². The van der Waals surface area contributed by atoms with Crippen molar-refractivity contribution in [2.45, 2.75) is 39.0 Å². The van der Waals surface area contributed by atoms with E-state index in [1.807, 2.05) is 4.90 Å². The van der Waals surface area contributed by atoms with Gasteiger partial charge < -0.3 is 15.0 Å². The van der Waals surface area contributed by atoms with Gasteiger partial charge in [-0.3, -0.25) is 14.9 Å². The van der Waals surface area contributed by atoms with Crippen LogP contribution in [-0.2, 0) is 4.74 Å². The number of carbonyl (C=O) groups excluding carboxylic acids is 1. The molecule has 1 atom stereocenters. The number of nitrogens with zero attached hydrogens (tertiary/aromatic N) is 2. The van der Waals surface area contributed by atoms with Crippen LogP contribution in [0.4, 0.5) is 11.4 Å². The fourth-order valence-electron chi connectivity index (χ4n) is 3.50. The van der Waals surface area contributed by atoms with Crippen molar-refractivity contribution in [3.63, 3.8) is 0 Å². The molecule has 1 saturated heterocycles. The first kappa shape index (κ1) is 20.2. The van der Waals surface area contributed by atoms with Crippen molar-refractivity contribution in [1.82, 2.24) is 4.90 Å². The van der Waals surface area contributed by atoms with Gasteiger partial charge in [0.2, 0.25) is 0 Å². The van der Waals surface area contributed by atoms with Crippen LogP contribution in [0.1, 0.15) is 49.4 Å². The highest BCUT2D eigenvalue weighted by molar-refractivity contribution is 5.95. The van der Waals surface area contributed by atoms with Crippen LogP contribution in [0.15, 0.2) is 18.2 Å². The molecule has 0 saturated carbocycles. The smallest absolute Gasteiger partial charge is 0.293 e. The maximum Gasteiger partial charge on any atom is 0.293 e. The molecule has 1 unspecified atom stereocenters. The van der Waals surface area contributed by atoms with E-state index < -0.39 is 4.92 Å². The van der Waals surface area contributed by atoms with Gasteiger partial charge in [-0.05, 0) is 37.3 Å². The number of hydrogen-bond acceptors (Lipinski definition) is 5. The average molecular weight is 363 g/mol. The number of ether oxygens (including phenoxy) is 1. The Balaban J connectivity index is 2.10. The summed E-state index contributed by atoms with van der Waals surface area (Å²) >= 11 is 0. The average Bonchev–Trinajstić information content (AvgIpc) is 2.87. The second-order valence-corrected chi connectivity index (χ2v) is 6.79. The summed E-state index contributed by atoms with van der Waals surface area (Å²) < 4.78 is 4.95. The van der Waals surface area contributed by atoms with E-state index in [2.05, 4.69) is 12.2 Å². The first-order valence-corrected chi connectivity index (χ1v) is 9.37. The van der Waals surface area contributed by atoms with Crippen molar-refractivity contribution in [1.29, 1.82) is 0 Å². The summed E-state index contributed by atoms with van der Waals surface area (Å²) in [5.74, 6) is 0.563. The molecule has 1 N–H and O–H groups in total. The van der Waals surface area contributed by atoms with E-state index in [1.165, 1.54) is 18.9 Å². The number of likely N-dealkylation sites (tertiary alicyclic amines) is 1. The van der Waals surface area contributed by atoms with Crippen LogP contribution in [-0.4, -0.2) is 49.1 Å². The predicted molar refractivity (Wildman–Crippen MR) is 102 cm³/mol. The molecule has 1 aliphatic heterocycles. The van der Waals surface area contributed by atoms with Gasteiger partial charge >= 0.3 is 0 Å². The minimum absolute atomic E-state index is 0.0781. The van der Waals surface area contributed by atoms with Crippen molar-refractivity contribution in [3.05, 3.63) is 33.9 Å². The lowest BCUT2D eigenvalue weighted by Gasteiger charge is -2.21. The molecule has 7 heteroatoms. The molecule has 1 aliphatic rings. The molecular formula is C19H29N3O4. The number of rotatable bonds is 8. The minimum Gasteiger partial charge on any atom is -0.383 e. The molecule has 1 fully saturated rings. The Kier molecular flexibility index (Phi) is 7.84. The maximum absolute atomic E-state index is 12.8. The minimum atomic E-state index is -0.453. The summed E-state index contributed by atoms with van der Waals surface area (Å²) in [5.41, 5.74) is 0.705. The van der Waals surface area contributed by atoms with Crippen LogP contribution in [0.2, 0.25) is 0 Å². The topological polar surface area (TPSA) is 84.7 Å². The fraction of sp³-hybridized carbons (Fsp3) is 0.632. The zero-order valence-corrected chi connectivity index (χ0v) is 15.7. The van der Waals surface area contributed by atoms with Gasteiger partial charge in [0.15, 0.2) is 0 Å². The standard InChI is InChI=1S/C19H29N3O4/c1-3-5-15-6-4-11-21(12-9-15)19(23)16-7-8-17(20-10-13-26-2)18(14-16)22(24)25/h7-8,14-15,20H,3-6,9-13H2,1-2H3. The number of nitrogens with one attached hydrogen (secondary N) is 1. The van der Waals surface area contributed by atoms with Gasteiger partial charge in [-0.2, -0.15) is 0 Å². The van der Waals surface area contributed by atoms with E-state index in [-0.39, 0.29) is 11.6 Å². The van der Waals surface area contributed by atoms with Gasteiger partial charge in [-0.25, -0.2) is 0 Å². The summed E-state index contributed by atoms with van der Waals surface area (Å²) in [5, 5.41) is 14.4. The highest BCUT2D eigenvalue weighted by Gasteiger charge is 2.24. The molecule has 144 valence electrons. The van der Waals surface area contributed by atoms with E-state index in [0.29, 0.717) is 30.3 Å². The molecule has 1 aromatic carbocycles. The zero-order chi connectivity index (χ0) is 18.9. The number of nitro groups is 1. The van der Waals surface area contributed by atoms with Crippen molar-refractivity contribution in [2.24, 2.45) is 5.92 Å². The number of benzene rings is 1. The Labute approximate surface area is 154 Å². The molecule has 0 aromatic heterocycles. The van der Waals surface area contributed by atoms with Gasteiger partial charge in [0, 0.05) is 38.4 Å². The fourth-order valence-corrected chi connectivity index (χ4v) is 3.50. The van der Waals surface area contributed by atoms with E-state index in [9.17, 15) is 14.9 Å². The second-order valence-electron chi connectivity index (χ2n) is 6.79. The lowest BCUT2D eigenvalue weighted by atomic mass is 9.96. The van der Waals surface area contributed by atoms with Crippen LogP contribution in [0.5, 0.6) is 0 Å². The van der Waals surface area contributed by atoms with Gasteiger partial charge in [-0.15, -0.1) is 0 Å². The molecule has 0 spiro atoms. The summed E-state index contributed by atoms with van der Waals surface area (Å²) in [6, 6.07) is 4.66. The number of hydrogen-bond donors (Lipinski definition) is 1. The molecular weight excluding hydrogens is 334 g/mol. The normalized spacial score (nSPS) is 17.6. The molecule has 26 heavy (non-hydrogen) atoms. The molecule has 1 amide bonds. The maximum atomic E-state index is 12.8. The largest absolute Gasteiger partial charge is 0.383 e. The van der Waals surface area contributed by atoms with Crippen molar-refractivity contribution < 1.29 is 14.5 Å². The lowest BCUT2D eigenvalue weighted by Crippen LogP contribution is -2.32. The third-order valence-electron chi connectivity index (χ3n) is 4.89. The third kappa shape index (κ3) is 5.42. The SMILES string of the molecule is CCCC1CCCN(C(=O)c2ccc(NCCOC)c([N+](=O)[O-])c2)CC1. The Morgan fingerprint density at radius 1 is 1.38 bits per heavy atom. The van der Waals surface area contributed by atoms with E-state index in [0.717, 1.165) is 32.4 Å². The Morgan fingerprint density at radius 2 is 2.19 bits per heavy atom. The van der Waals surface area contributed by atoms with Crippen LogP contribution in [0.25, 0.3) is 0 Å². The van der Waals surface area contributed by atoms with Crippen molar-refractivity contribution in [2.75, 3.05) is 38.7 Å². The number of amides is 1. The van der Waals surface area contributed by atoms with Crippen LogP contribution >= 0.6 is 0 Å². The first-order valence-electron chi connectivity index (χ1n) is 9.37. The molecule has 7 nitrogen and oxygen atoms in total. The van der Waals surface area contributed by atoms with Crippen LogP contribution < -0.4 is 5.32 Å². The Morgan fingerprint density at radius 3 is 2.88 bits per heavy atom. The molecule has 0 aliphatic carbocycles. The quantitative estimate of drug-likeness (QED) is 0.432. The first-order chi connectivity index (χ1) is 12.6. The van der Waals surface area contributed by atoms with Crippen molar-refractivity contribution in [3.8, 4) is 0 Å². The molecule has 0 bridgehead atoms. The molecule has 2 rings (SSSR count). The van der Waals surface area contributed by atoms with Crippen LogP contribution in [0.3, 0.4) is 0 Å². The Hall–Kier alpha value is -2.15. The molecule has 0 radical (unpaired) electrons. The second kappa shape index (κ2) is 10.1. The highest BCUT2D eigenvalue weighted by Crippen LogP contribution is 2.27. The number of methoxy groups -OCH3 is 1. The van der Waals surface area contributed by atoms with Gasteiger partial charge in [0.05, 0.1) is 11.5 Å². The molecule has 1 aromatic rings. The summed E-state index contributed by atoms with van der Waals surface area (Å²) in [4.78, 5) is 25.6. The third-order valence-corrected chi connectivity index (χ3v) is 4.89.